The lowest BCUT2D eigenvalue weighted by Gasteiger charge is -2.29. The van der Waals surface area contributed by atoms with Crippen molar-refractivity contribution in [1.82, 2.24) is 9.55 Å². The monoisotopic (exact) mass is 276 g/mol. The maximum atomic E-state index is 14.2. The summed E-state index contributed by atoms with van der Waals surface area (Å²) in [6, 6.07) is 2.41. The summed E-state index contributed by atoms with van der Waals surface area (Å²) >= 11 is 0. The molecule has 0 saturated carbocycles. The number of hydrogen-bond donors (Lipinski definition) is 1. The summed E-state index contributed by atoms with van der Waals surface area (Å²) in [5.41, 5.74) is 1.07. The van der Waals surface area contributed by atoms with Crippen molar-refractivity contribution in [2.75, 3.05) is 18.0 Å². The van der Waals surface area contributed by atoms with E-state index in [2.05, 4.69) is 4.98 Å². The molecule has 1 N–H and O–H groups in total. The molecular weight excluding hydrogens is 262 g/mol. The van der Waals surface area contributed by atoms with Crippen molar-refractivity contribution < 1.29 is 8.78 Å². The van der Waals surface area contributed by atoms with Crippen LogP contribution >= 0.6 is 0 Å². The summed E-state index contributed by atoms with van der Waals surface area (Å²) in [4.78, 5) is 5.62. The Morgan fingerprint density at radius 1 is 1.05 bits per heavy atom. The molecule has 0 amide bonds. The van der Waals surface area contributed by atoms with Crippen molar-refractivity contribution in [3.05, 3.63) is 42.5 Å². The number of anilines is 1. The first-order valence-corrected chi connectivity index (χ1v) is 6.44. The van der Waals surface area contributed by atoms with Gasteiger partial charge in [0.25, 0.3) is 0 Å². The van der Waals surface area contributed by atoms with Crippen LogP contribution in [-0.2, 0) is 0 Å². The summed E-state index contributed by atoms with van der Waals surface area (Å²) in [5.74, 6) is -0.941. The van der Waals surface area contributed by atoms with Gasteiger partial charge in [0.15, 0.2) is 0 Å². The zero-order valence-electron chi connectivity index (χ0n) is 10.8. The Morgan fingerprint density at radius 3 is 2.35 bits per heavy atom. The minimum atomic E-state index is -0.486. The predicted molar refractivity (Wildman–Crippen MR) is 72.7 cm³/mol. The number of aromatic nitrogens is 2. The van der Waals surface area contributed by atoms with Crippen molar-refractivity contribution in [3.8, 4) is 5.69 Å². The Labute approximate surface area is 115 Å². The van der Waals surface area contributed by atoms with E-state index < -0.39 is 11.6 Å². The van der Waals surface area contributed by atoms with E-state index in [1.165, 1.54) is 29.2 Å². The molecule has 4 nitrogen and oxygen atoms in total. The highest BCUT2D eigenvalue weighted by atomic mass is 19.1. The van der Waals surface area contributed by atoms with E-state index in [-0.39, 0.29) is 11.4 Å². The van der Waals surface area contributed by atoms with Gasteiger partial charge in [0.05, 0.1) is 17.7 Å². The van der Waals surface area contributed by atoms with Crippen LogP contribution in [0.1, 0.15) is 12.8 Å². The number of nitrogens with one attached hydrogen (secondary N) is 1. The number of rotatable bonds is 2. The number of halogens is 2. The second-order valence-electron chi connectivity index (χ2n) is 4.82. The van der Waals surface area contributed by atoms with Gasteiger partial charge in [0, 0.05) is 56.2 Å². The molecular formula is C14H14F2N4. The highest BCUT2D eigenvalue weighted by Gasteiger charge is 2.20. The third-order valence-corrected chi connectivity index (χ3v) is 3.51. The van der Waals surface area contributed by atoms with Gasteiger partial charge in [-0.1, -0.05) is 0 Å². The average molecular weight is 276 g/mol. The molecule has 0 atom stereocenters. The molecule has 104 valence electrons. The molecule has 20 heavy (non-hydrogen) atoms. The van der Waals surface area contributed by atoms with Crippen LogP contribution in [-0.4, -0.2) is 28.4 Å². The smallest absolute Gasteiger partial charge is 0.149 e. The first-order chi connectivity index (χ1) is 9.65. The fourth-order valence-electron chi connectivity index (χ4n) is 2.39. The van der Waals surface area contributed by atoms with Crippen LogP contribution in [0, 0.1) is 17.0 Å². The quantitative estimate of drug-likeness (QED) is 0.916. The highest BCUT2D eigenvalue weighted by molar-refractivity contribution is 5.83. The SMILES string of the molecule is N=C1CCN(c2cc(F)c(-n3ccnc3)cc2F)CC1. The number of nitrogens with zero attached hydrogens (tertiary/aromatic N) is 3. The summed E-state index contributed by atoms with van der Waals surface area (Å²) in [5, 5.41) is 7.56. The van der Waals surface area contributed by atoms with Crippen LogP contribution < -0.4 is 4.90 Å². The molecule has 6 heteroatoms. The summed E-state index contributed by atoms with van der Waals surface area (Å²) < 4.78 is 29.8. The third kappa shape index (κ3) is 2.29. The summed E-state index contributed by atoms with van der Waals surface area (Å²) in [6.45, 7) is 1.11. The first-order valence-electron chi connectivity index (χ1n) is 6.44. The van der Waals surface area contributed by atoms with Crippen LogP contribution in [0.5, 0.6) is 0 Å². The second kappa shape index (κ2) is 5.03. The molecule has 3 rings (SSSR count). The van der Waals surface area contributed by atoms with Crippen molar-refractivity contribution in [1.29, 1.82) is 5.41 Å². The molecule has 0 radical (unpaired) electrons. The van der Waals surface area contributed by atoms with E-state index in [0.29, 0.717) is 31.6 Å². The van der Waals surface area contributed by atoms with E-state index >= 15 is 0 Å². The molecule has 1 aliphatic rings. The van der Waals surface area contributed by atoms with E-state index in [1.54, 1.807) is 11.1 Å². The van der Waals surface area contributed by atoms with Gasteiger partial charge in [-0.2, -0.15) is 0 Å². The van der Waals surface area contributed by atoms with Crippen LogP contribution in [0.15, 0.2) is 30.9 Å². The number of piperidine rings is 1. The molecule has 1 aromatic carbocycles. The highest BCUT2D eigenvalue weighted by Crippen LogP contribution is 2.27. The fourth-order valence-corrected chi connectivity index (χ4v) is 2.39. The third-order valence-electron chi connectivity index (χ3n) is 3.51. The van der Waals surface area contributed by atoms with Crippen molar-refractivity contribution in [3.63, 3.8) is 0 Å². The van der Waals surface area contributed by atoms with Crippen molar-refractivity contribution in [2.45, 2.75) is 12.8 Å². The molecule has 0 unspecified atom stereocenters. The molecule has 2 heterocycles. The van der Waals surface area contributed by atoms with Crippen molar-refractivity contribution in [2.24, 2.45) is 0 Å². The second-order valence-corrected chi connectivity index (χ2v) is 4.82. The molecule has 2 aromatic rings. The van der Waals surface area contributed by atoms with Gasteiger partial charge >= 0.3 is 0 Å². The topological polar surface area (TPSA) is 44.9 Å². The van der Waals surface area contributed by atoms with Crippen LogP contribution in [0.2, 0.25) is 0 Å². The standard InChI is InChI=1S/C14H14F2N4/c15-11-8-14(20-6-3-18-9-20)12(16)7-13(11)19-4-1-10(17)2-5-19/h3,6-9,17H,1-2,4-5H2. The Kier molecular flexibility index (Phi) is 3.22. The fraction of sp³-hybridized carbons (Fsp3) is 0.286. The number of benzene rings is 1. The van der Waals surface area contributed by atoms with Gasteiger partial charge < -0.3 is 14.9 Å². The molecule has 1 fully saturated rings. The Balaban J connectivity index is 1.94. The lowest BCUT2D eigenvalue weighted by atomic mass is 10.1. The minimum absolute atomic E-state index is 0.147. The minimum Gasteiger partial charge on any atom is -0.368 e. The molecule has 1 aliphatic heterocycles. The van der Waals surface area contributed by atoms with Gasteiger partial charge in [-0.05, 0) is 0 Å². The van der Waals surface area contributed by atoms with Gasteiger partial charge in [0.1, 0.15) is 11.6 Å². The molecule has 0 spiro atoms. The predicted octanol–water partition coefficient (Wildman–Crippen LogP) is 2.77. The molecule has 1 aromatic heterocycles. The van der Waals surface area contributed by atoms with Crippen LogP contribution in [0.3, 0.4) is 0 Å². The Morgan fingerprint density at radius 2 is 1.70 bits per heavy atom. The Hall–Kier alpha value is -2.24. The molecule has 1 saturated heterocycles. The summed E-state index contributed by atoms with van der Waals surface area (Å²) in [6.07, 6.45) is 5.72. The lowest BCUT2D eigenvalue weighted by Crippen LogP contribution is -2.34. The van der Waals surface area contributed by atoms with Gasteiger partial charge in [0.2, 0.25) is 0 Å². The molecule has 0 bridgehead atoms. The summed E-state index contributed by atoms with van der Waals surface area (Å²) in [7, 11) is 0. The van der Waals surface area contributed by atoms with E-state index in [9.17, 15) is 8.78 Å². The van der Waals surface area contributed by atoms with E-state index in [4.69, 9.17) is 5.41 Å². The lowest BCUT2D eigenvalue weighted by molar-refractivity contribution is 0.584. The maximum Gasteiger partial charge on any atom is 0.149 e. The average Bonchev–Trinajstić information content (AvgIpc) is 2.96. The molecule has 0 aliphatic carbocycles. The zero-order chi connectivity index (χ0) is 14.1. The Bertz CT molecular complexity index is 627. The van der Waals surface area contributed by atoms with Gasteiger partial charge in [-0.3, -0.25) is 0 Å². The largest absolute Gasteiger partial charge is 0.368 e. The van der Waals surface area contributed by atoms with E-state index in [0.717, 1.165) is 0 Å². The maximum absolute atomic E-state index is 14.2. The number of hydrogen-bond acceptors (Lipinski definition) is 3. The van der Waals surface area contributed by atoms with Crippen LogP contribution in [0.25, 0.3) is 5.69 Å². The zero-order valence-corrected chi connectivity index (χ0v) is 10.8. The van der Waals surface area contributed by atoms with Gasteiger partial charge in [-0.25, -0.2) is 13.8 Å². The van der Waals surface area contributed by atoms with Crippen LogP contribution in [0.4, 0.5) is 14.5 Å². The first kappa shape index (κ1) is 12.8. The van der Waals surface area contributed by atoms with Gasteiger partial charge in [-0.15, -0.1) is 0 Å². The van der Waals surface area contributed by atoms with E-state index in [1.807, 2.05) is 0 Å². The van der Waals surface area contributed by atoms with Crippen molar-refractivity contribution >= 4 is 11.4 Å². The normalized spacial score (nSPS) is 15.7. The number of imidazole rings is 1.